The first-order chi connectivity index (χ1) is 7.47. The quantitative estimate of drug-likeness (QED) is 0.785. The van der Waals surface area contributed by atoms with Crippen LogP contribution < -0.4 is 10.5 Å². The molecule has 0 bridgehead atoms. The van der Waals surface area contributed by atoms with Gasteiger partial charge < -0.3 is 5.73 Å². The van der Waals surface area contributed by atoms with Crippen molar-refractivity contribution in [2.75, 3.05) is 13.1 Å². The number of halogens is 1. The van der Waals surface area contributed by atoms with E-state index in [2.05, 4.69) is 4.72 Å². The average Bonchev–Trinajstić information content (AvgIpc) is 2.22. The zero-order valence-corrected chi connectivity index (χ0v) is 10.6. The number of benzene rings is 1. The van der Waals surface area contributed by atoms with Crippen LogP contribution in [0.15, 0.2) is 23.1 Å². The van der Waals surface area contributed by atoms with Crippen molar-refractivity contribution >= 4 is 21.6 Å². The van der Waals surface area contributed by atoms with Crippen LogP contribution in [0, 0.1) is 6.92 Å². The van der Waals surface area contributed by atoms with Gasteiger partial charge >= 0.3 is 0 Å². The van der Waals surface area contributed by atoms with Crippen LogP contribution in [0.25, 0.3) is 0 Å². The summed E-state index contributed by atoms with van der Waals surface area (Å²) < 4.78 is 26.1. The normalized spacial score (nSPS) is 11.7. The number of sulfonamides is 1. The van der Waals surface area contributed by atoms with Crippen molar-refractivity contribution in [3.63, 3.8) is 0 Å². The molecule has 1 aromatic carbocycles. The molecule has 0 radical (unpaired) electrons. The highest BCUT2D eigenvalue weighted by Crippen LogP contribution is 2.21. The molecule has 3 N–H and O–H groups in total. The van der Waals surface area contributed by atoms with Crippen LogP contribution >= 0.6 is 11.6 Å². The molecule has 0 saturated carbocycles. The fraction of sp³-hybridized carbons (Fsp3) is 0.400. The van der Waals surface area contributed by atoms with Gasteiger partial charge in [-0.25, -0.2) is 13.1 Å². The van der Waals surface area contributed by atoms with E-state index in [1.54, 1.807) is 18.2 Å². The monoisotopic (exact) mass is 262 g/mol. The molecular formula is C10H15ClN2O2S. The first kappa shape index (κ1) is 13.4. The van der Waals surface area contributed by atoms with Crippen LogP contribution in [-0.4, -0.2) is 21.5 Å². The van der Waals surface area contributed by atoms with E-state index in [4.69, 9.17) is 17.3 Å². The van der Waals surface area contributed by atoms with Crippen molar-refractivity contribution in [1.29, 1.82) is 0 Å². The lowest BCUT2D eigenvalue weighted by Gasteiger charge is -2.08. The summed E-state index contributed by atoms with van der Waals surface area (Å²) in [5.41, 5.74) is 6.14. The van der Waals surface area contributed by atoms with Gasteiger partial charge in [-0.1, -0.05) is 17.7 Å². The third-order valence-corrected chi connectivity index (χ3v) is 3.99. The Kier molecular flexibility index (Phi) is 4.73. The Bertz CT molecular complexity index is 460. The van der Waals surface area contributed by atoms with Gasteiger partial charge in [-0.05, 0) is 37.6 Å². The molecular weight excluding hydrogens is 248 g/mol. The van der Waals surface area contributed by atoms with Crippen molar-refractivity contribution < 1.29 is 8.42 Å². The van der Waals surface area contributed by atoms with Gasteiger partial charge in [-0.2, -0.15) is 0 Å². The van der Waals surface area contributed by atoms with E-state index < -0.39 is 10.0 Å². The zero-order valence-electron chi connectivity index (χ0n) is 9.03. The molecule has 90 valence electrons. The summed E-state index contributed by atoms with van der Waals surface area (Å²) in [6.07, 6.45) is 0.600. The van der Waals surface area contributed by atoms with Gasteiger partial charge in [0.2, 0.25) is 10.0 Å². The maximum absolute atomic E-state index is 11.8. The Morgan fingerprint density at radius 3 is 2.75 bits per heavy atom. The lowest BCUT2D eigenvalue weighted by Crippen LogP contribution is -2.26. The second-order valence-electron chi connectivity index (χ2n) is 3.47. The lowest BCUT2D eigenvalue weighted by atomic mass is 10.2. The lowest BCUT2D eigenvalue weighted by molar-refractivity contribution is 0.579. The summed E-state index contributed by atoms with van der Waals surface area (Å²) in [7, 11) is -3.52. The SMILES string of the molecule is Cc1ccc(Cl)c(S(=O)(=O)NCCCN)c1. The van der Waals surface area contributed by atoms with E-state index in [9.17, 15) is 8.42 Å². The Morgan fingerprint density at radius 2 is 2.12 bits per heavy atom. The van der Waals surface area contributed by atoms with Gasteiger partial charge in [0.05, 0.1) is 5.02 Å². The standard InChI is InChI=1S/C10H15ClN2O2S/c1-8-3-4-9(11)10(7-8)16(14,15)13-6-2-5-12/h3-4,7,13H,2,5-6,12H2,1H3. The van der Waals surface area contributed by atoms with Crippen LogP contribution in [0.1, 0.15) is 12.0 Å². The predicted octanol–water partition coefficient (Wildman–Crippen LogP) is 1.28. The largest absolute Gasteiger partial charge is 0.330 e. The smallest absolute Gasteiger partial charge is 0.242 e. The van der Waals surface area contributed by atoms with Crippen LogP contribution in [-0.2, 0) is 10.0 Å². The molecule has 0 aliphatic carbocycles. The van der Waals surface area contributed by atoms with E-state index in [1.807, 2.05) is 6.92 Å². The van der Waals surface area contributed by atoms with Crippen LogP contribution in [0.2, 0.25) is 5.02 Å². The first-order valence-electron chi connectivity index (χ1n) is 4.93. The van der Waals surface area contributed by atoms with Crippen molar-refractivity contribution in [1.82, 2.24) is 4.72 Å². The maximum Gasteiger partial charge on any atom is 0.242 e. The van der Waals surface area contributed by atoms with Gasteiger partial charge in [0.1, 0.15) is 4.90 Å². The molecule has 0 fully saturated rings. The Balaban J connectivity index is 2.93. The topological polar surface area (TPSA) is 72.2 Å². The summed E-state index contributed by atoms with van der Waals surface area (Å²) in [6.45, 7) is 2.59. The summed E-state index contributed by atoms with van der Waals surface area (Å²) in [6, 6.07) is 4.89. The minimum absolute atomic E-state index is 0.117. The van der Waals surface area contributed by atoms with E-state index >= 15 is 0 Å². The highest BCUT2D eigenvalue weighted by molar-refractivity contribution is 7.89. The molecule has 0 aliphatic heterocycles. The Labute approximate surface area is 101 Å². The van der Waals surface area contributed by atoms with Gasteiger partial charge in [0.15, 0.2) is 0 Å². The van der Waals surface area contributed by atoms with E-state index in [1.165, 1.54) is 0 Å². The minimum atomic E-state index is -3.52. The molecule has 0 unspecified atom stereocenters. The van der Waals surface area contributed by atoms with Crippen molar-refractivity contribution in [2.45, 2.75) is 18.2 Å². The second kappa shape index (κ2) is 5.63. The van der Waals surface area contributed by atoms with Gasteiger partial charge in [-0.15, -0.1) is 0 Å². The van der Waals surface area contributed by atoms with Crippen molar-refractivity contribution in [3.05, 3.63) is 28.8 Å². The van der Waals surface area contributed by atoms with Gasteiger partial charge in [-0.3, -0.25) is 0 Å². The van der Waals surface area contributed by atoms with Gasteiger partial charge in [0, 0.05) is 6.54 Å². The zero-order chi connectivity index (χ0) is 12.2. The molecule has 16 heavy (non-hydrogen) atoms. The fourth-order valence-electron chi connectivity index (χ4n) is 1.20. The molecule has 0 aromatic heterocycles. The van der Waals surface area contributed by atoms with E-state index in [-0.39, 0.29) is 9.92 Å². The Hall–Kier alpha value is -0.620. The van der Waals surface area contributed by atoms with Crippen molar-refractivity contribution in [2.24, 2.45) is 5.73 Å². The molecule has 4 nitrogen and oxygen atoms in total. The molecule has 0 heterocycles. The third-order valence-electron chi connectivity index (χ3n) is 2.05. The second-order valence-corrected chi connectivity index (χ2v) is 5.62. The minimum Gasteiger partial charge on any atom is -0.330 e. The number of hydrogen-bond donors (Lipinski definition) is 2. The molecule has 0 atom stereocenters. The summed E-state index contributed by atoms with van der Waals surface area (Å²) >= 11 is 5.85. The molecule has 0 amide bonds. The molecule has 6 heteroatoms. The molecule has 1 aromatic rings. The number of rotatable bonds is 5. The summed E-state index contributed by atoms with van der Waals surface area (Å²) in [5, 5.41) is 0.228. The molecule has 0 aliphatic rings. The highest BCUT2D eigenvalue weighted by atomic mass is 35.5. The number of hydrogen-bond acceptors (Lipinski definition) is 3. The average molecular weight is 263 g/mol. The summed E-state index contributed by atoms with van der Waals surface area (Å²) in [4.78, 5) is 0.117. The van der Waals surface area contributed by atoms with E-state index in [0.717, 1.165) is 5.56 Å². The van der Waals surface area contributed by atoms with Crippen LogP contribution in [0.3, 0.4) is 0 Å². The summed E-state index contributed by atoms with van der Waals surface area (Å²) in [5.74, 6) is 0. The third kappa shape index (κ3) is 3.45. The number of nitrogens with one attached hydrogen (secondary N) is 1. The maximum atomic E-state index is 11.8. The number of nitrogens with two attached hydrogens (primary N) is 1. The molecule has 1 rings (SSSR count). The first-order valence-corrected chi connectivity index (χ1v) is 6.79. The van der Waals surface area contributed by atoms with E-state index in [0.29, 0.717) is 19.5 Å². The Morgan fingerprint density at radius 1 is 1.44 bits per heavy atom. The van der Waals surface area contributed by atoms with Crippen molar-refractivity contribution in [3.8, 4) is 0 Å². The van der Waals surface area contributed by atoms with Crippen LogP contribution in [0.4, 0.5) is 0 Å². The predicted molar refractivity (Wildman–Crippen MR) is 65.0 cm³/mol. The van der Waals surface area contributed by atoms with Gasteiger partial charge in [0.25, 0.3) is 0 Å². The highest BCUT2D eigenvalue weighted by Gasteiger charge is 2.16. The molecule has 0 spiro atoms. The van der Waals surface area contributed by atoms with Crippen LogP contribution in [0.5, 0.6) is 0 Å². The number of aryl methyl sites for hydroxylation is 1. The fourth-order valence-corrected chi connectivity index (χ4v) is 2.86. The molecule has 0 saturated heterocycles.